The van der Waals surface area contributed by atoms with E-state index in [1.165, 1.54) is 17.7 Å². The number of rotatable bonds is 6. The molecule has 3 saturated heterocycles. The summed E-state index contributed by atoms with van der Waals surface area (Å²) in [6.07, 6.45) is 10.5. The van der Waals surface area contributed by atoms with Crippen molar-refractivity contribution in [1.82, 2.24) is 14.7 Å². The van der Waals surface area contributed by atoms with E-state index < -0.39 is 6.04 Å². The zero-order chi connectivity index (χ0) is 22.8. The second-order valence-corrected chi connectivity index (χ2v) is 11.1. The summed E-state index contributed by atoms with van der Waals surface area (Å²) >= 11 is 0. The highest BCUT2D eigenvalue weighted by Gasteiger charge is 2.51. The maximum absolute atomic E-state index is 13.7. The van der Waals surface area contributed by atoms with Gasteiger partial charge in [-0.15, -0.1) is 0 Å². The van der Waals surface area contributed by atoms with E-state index in [4.69, 9.17) is 0 Å². The van der Waals surface area contributed by atoms with Crippen molar-refractivity contribution in [3.8, 4) is 0 Å². The number of hydrogen-bond acceptors (Lipinski definition) is 4. The van der Waals surface area contributed by atoms with E-state index in [9.17, 15) is 14.4 Å². The van der Waals surface area contributed by atoms with Gasteiger partial charge in [-0.1, -0.05) is 32.9 Å². The Labute approximate surface area is 193 Å². The van der Waals surface area contributed by atoms with Gasteiger partial charge in [-0.3, -0.25) is 19.3 Å². The molecular formula is C26H41N3O3. The van der Waals surface area contributed by atoms with Crippen LogP contribution in [0.25, 0.3) is 0 Å². The van der Waals surface area contributed by atoms with Crippen molar-refractivity contribution in [2.45, 2.75) is 71.8 Å². The first-order valence-corrected chi connectivity index (χ1v) is 12.9. The van der Waals surface area contributed by atoms with Crippen molar-refractivity contribution in [3.05, 3.63) is 12.2 Å². The maximum atomic E-state index is 13.7. The minimum absolute atomic E-state index is 0.0102. The van der Waals surface area contributed by atoms with Crippen LogP contribution in [0.5, 0.6) is 0 Å². The van der Waals surface area contributed by atoms with Crippen LogP contribution in [0.2, 0.25) is 0 Å². The third kappa shape index (κ3) is 4.95. The molecule has 3 fully saturated rings. The molecule has 0 radical (unpaired) electrons. The molecule has 0 aromatic carbocycles. The van der Waals surface area contributed by atoms with Crippen molar-refractivity contribution in [1.29, 1.82) is 0 Å². The highest BCUT2D eigenvalue weighted by atomic mass is 16.2. The molecule has 3 amide bonds. The number of allylic oxidation sites excluding steroid dienone is 2. The lowest BCUT2D eigenvalue weighted by Gasteiger charge is -2.40. The molecule has 32 heavy (non-hydrogen) atoms. The largest absolute Gasteiger partial charge is 0.341 e. The number of piperidine rings is 2. The number of carbonyl (C=O) groups excluding carboxylic acids is 3. The molecule has 3 heterocycles. The summed E-state index contributed by atoms with van der Waals surface area (Å²) in [7, 11) is 0. The zero-order valence-electron chi connectivity index (χ0n) is 20.2. The Kier molecular flexibility index (Phi) is 7.38. The first-order chi connectivity index (χ1) is 15.3. The van der Waals surface area contributed by atoms with Crippen LogP contribution in [0.4, 0.5) is 0 Å². The second kappa shape index (κ2) is 10.1. The van der Waals surface area contributed by atoms with E-state index >= 15 is 0 Å². The lowest BCUT2D eigenvalue weighted by atomic mass is 9.85. The topological polar surface area (TPSA) is 60.9 Å². The van der Waals surface area contributed by atoms with Crippen LogP contribution < -0.4 is 0 Å². The number of fused-ring (bicyclic) bond motifs is 1. The summed E-state index contributed by atoms with van der Waals surface area (Å²) in [6, 6.07) is -0.643. The quantitative estimate of drug-likeness (QED) is 0.467. The van der Waals surface area contributed by atoms with Gasteiger partial charge in [0.15, 0.2) is 0 Å². The second-order valence-electron chi connectivity index (χ2n) is 11.1. The summed E-state index contributed by atoms with van der Waals surface area (Å²) in [5, 5.41) is 0. The highest BCUT2D eigenvalue weighted by molar-refractivity contribution is 6.08. The molecule has 4 aliphatic rings. The predicted octanol–water partition coefficient (Wildman–Crippen LogP) is 3.32. The highest BCUT2D eigenvalue weighted by Crippen LogP contribution is 2.37. The van der Waals surface area contributed by atoms with Crippen LogP contribution in [-0.4, -0.2) is 71.2 Å². The Morgan fingerprint density at radius 2 is 1.62 bits per heavy atom. The summed E-state index contributed by atoms with van der Waals surface area (Å²) in [5.74, 6) is 0.736. The van der Waals surface area contributed by atoms with Gasteiger partial charge >= 0.3 is 0 Å². The number of hydrogen-bond donors (Lipinski definition) is 0. The molecule has 1 aliphatic carbocycles. The predicted molar refractivity (Wildman–Crippen MR) is 125 cm³/mol. The Balaban J connectivity index is 1.44. The molecule has 0 aromatic heterocycles. The van der Waals surface area contributed by atoms with Gasteiger partial charge in [0, 0.05) is 19.6 Å². The molecule has 0 aromatic rings. The van der Waals surface area contributed by atoms with E-state index in [0.29, 0.717) is 25.2 Å². The van der Waals surface area contributed by atoms with E-state index in [1.54, 1.807) is 0 Å². The molecule has 0 bridgehead atoms. The number of carbonyl (C=O) groups is 3. The SMILES string of the molecule is CC(C)CC(C(=O)N1CCCC(CN2CCC(C)CC2)C1)N1C(=O)C2CC=CCC2C1=O. The molecule has 6 nitrogen and oxygen atoms in total. The lowest BCUT2D eigenvalue weighted by molar-refractivity contribution is -0.153. The van der Waals surface area contributed by atoms with Crippen LogP contribution in [0.1, 0.15) is 65.7 Å². The van der Waals surface area contributed by atoms with Gasteiger partial charge in [-0.2, -0.15) is 0 Å². The minimum Gasteiger partial charge on any atom is -0.341 e. The summed E-state index contributed by atoms with van der Waals surface area (Å²) in [6.45, 7) is 11.3. The van der Waals surface area contributed by atoms with Gasteiger partial charge in [0.25, 0.3) is 0 Å². The Morgan fingerprint density at radius 3 is 2.22 bits per heavy atom. The molecule has 3 aliphatic heterocycles. The van der Waals surface area contributed by atoms with E-state index in [0.717, 1.165) is 51.5 Å². The number of nitrogens with zero attached hydrogens (tertiary/aromatic N) is 3. The Bertz CT molecular complexity index is 715. The summed E-state index contributed by atoms with van der Waals surface area (Å²) < 4.78 is 0. The van der Waals surface area contributed by atoms with Crippen LogP contribution in [0.3, 0.4) is 0 Å². The third-order valence-corrected chi connectivity index (χ3v) is 8.06. The average molecular weight is 444 g/mol. The third-order valence-electron chi connectivity index (χ3n) is 8.06. The minimum atomic E-state index is -0.643. The van der Waals surface area contributed by atoms with Gasteiger partial charge in [0.05, 0.1) is 11.8 Å². The molecule has 4 atom stereocenters. The van der Waals surface area contributed by atoms with Crippen molar-refractivity contribution in [2.24, 2.45) is 29.6 Å². The maximum Gasteiger partial charge on any atom is 0.245 e. The van der Waals surface area contributed by atoms with Crippen molar-refractivity contribution >= 4 is 17.7 Å². The van der Waals surface area contributed by atoms with Gasteiger partial charge in [-0.05, 0) is 75.8 Å². The smallest absolute Gasteiger partial charge is 0.245 e. The van der Waals surface area contributed by atoms with Gasteiger partial charge in [0.2, 0.25) is 17.7 Å². The standard InChI is InChI=1S/C26H41N3O3/c1-18(2)15-23(29-24(30)21-8-4-5-9-22(21)25(29)31)26(32)28-12-6-7-20(17-28)16-27-13-10-19(3)11-14-27/h4-5,18-23H,6-17H2,1-3H3. The number of amides is 3. The molecule has 0 saturated carbocycles. The van der Waals surface area contributed by atoms with Crippen molar-refractivity contribution in [3.63, 3.8) is 0 Å². The van der Waals surface area contributed by atoms with Crippen LogP contribution in [0.15, 0.2) is 12.2 Å². The van der Waals surface area contributed by atoms with Crippen molar-refractivity contribution < 1.29 is 14.4 Å². The van der Waals surface area contributed by atoms with Gasteiger partial charge < -0.3 is 9.80 Å². The lowest BCUT2D eigenvalue weighted by Crippen LogP contribution is -2.54. The average Bonchev–Trinajstić information content (AvgIpc) is 3.04. The monoisotopic (exact) mass is 443 g/mol. The fourth-order valence-corrected chi connectivity index (χ4v) is 6.13. The van der Waals surface area contributed by atoms with Gasteiger partial charge in [0.1, 0.15) is 6.04 Å². The molecule has 4 unspecified atom stereocenters. The molecular weight excluding hydrogens is 402 g/mol. The molecule has 0 spiro atoms. The fraction of sp³-hybridized carbons (Fsp3) is 0.808. The Morgan fingerprint density at radius 1 is 1.00 bits per heavy atom. The number of likely N-dealkylation sites (tertiary alicyclic amines) is 3. The first-order valence-electron chi connectivity index (χ1n) is 12.9. The first kappa shape index (κ1) is 23.5. The number of imide groups is 1. The van der Waals surface area contributed by atoms with Crippen LogP contribution in [-0.2, 0) is 14.4 Å². The van der Waals surface area contributed by atoms with Crippen LogP contribution >= 0.6 is 0 Å². The summed E-state index contributed by atoms with van der Waals surface area (Å²) in [4.78, 5) is 46.1. The van der Waals surface area contributed by atoms with E-state index in [1.807, 2.05) is 17.1 Å². The molecule has 178 valence electrons. The van der Waals surface area contributed by atoms with Gasteiger partial charge in [-0.25, -0.2) is 0 Å². The molecule has 6 heteroatoms. The van der Waals surface area contributed by atoms with Crippen LogP contribution in [0, 0.1) is 29.6 Å². The molecule has 0 N–H and O–H groups in total. The van der Waals surface area contributed by atoms with E-state index in [2.05, 4.69) is 25.7 Å². The van der Waals surface area contributed by atoms with Crippen molar-refractivity contribution in [2.75, 3.05) is 32.7 Å². The molecule has 4 rings (SSSR count). The zero-order valence-corrected chi connectivity index (χ0v) is 20.2. The Hall–Kier alpha value is -1.69. The van der Waals surface area contributed by atoms with E-state index in [-0.39, 0.29) is 35.5 Å². The normalized spacial score (nSPS) is 30.8. The fourth-order valence-electron chi connectivity index (χ4n) is 6.13. The summed E-state index contributed by atoms with van der Waals surface area (Å²) in [5.41, 5.74) is 0.